The molecule has 0 radical (unpaired) electrons. The van der Waals surface area contributed by atoms with Gasteiger partial charge in [0.15, 0.2) is 11.6 Å². The van der Waals surface area contributed by atoms with Crippen molar-refractivity contribution >= 4 is 0 Å². The lowest BCUT2D eigenvalue weighted by atomic mass is 10.0. The first kappa shape index (κ1) is 10.4. The smallest absolute Gasteiger partial charge is 0.165 e. The van der Waals surface area contributed by atoms with E-state index < -0.39 is 11.4 Å². The average Bonchev–Trinajstić information content (AvgIpc) is 2.91. The molecule has 2 rings (SSSR count). The van der Waals surface area contributed by atoms with Gasteiger partial charge in [-0.15, -0.1) is 0 Å². The highest BCUT2D eigenvalue weighted by Gasteiger charge is 2.52. The number of rotatable bonds is 3. The Morgan fingerprint density at radius 2 is 2.33 bits per heavy atom. The highest BCUT2D eigenvalue weighted by atomic mass is 19.1. The highest BCUT2D eigenvalue weighted by Crippen LogP contribution is 2.53. The lowest BCUT2D eigenvalue weighted by Crippen LogP contribution is -2.09. The Morgan fingerprint density at radius 3 is 2.80 bits per heavy atom. The second-order valence-electron chi connectivity index (χ2n) is 4.08. The lowest BCUT2D eigenvalue weighted by Gasteiger charge is -2.11. The number of benzene rings is 1. The van der Waals surface area contributed by atoms with Crippen LogP contribution in [0.25, 0.3) is 0 Å². The van der Waals surface area contributed by atoms with Crippen LogP contribution in [-0.4, -0.2) is 12.2 Å². The van der Waals surface area contributed by atoms with Crippen molar-refractivity contribution in [1.82, 2.24) is 0 Å². The van der Waals surface area contributed by atoms with Crippen molar-refractivity contribution in [3.05, 3.63) is 29.6 Å². The molecule has 0 saturated heterocycles. The minimum atomic E-state index is -0.804. The second-order valence-corrected chi connectivity index (χ2v) is 4.08. The van der Waals surface area contributed by atoms with E-state index in [1.54, 1.807) is 12.1 Å². The Hall–Kier alpha value is -1.09. The van der Waals surface area contributed by atoms with Crippen LogP contribution in [0.4, 0.5) is 4.39 Å². The zero-order chi connectivity index (χ0) is 11.1. The van der Waals surface area contributed by atoms with Crippen LogP contribution in [0.1, 0.15) is 25.3 Å². The van der Waals surface area contributed by atoms with Gasteiger partial charge in [0.1, 0.15) is 0 Å². The maximum atomic E-state index is 13.4. The largest absolute Gasteiger partial charge is 0.494 e. The molecule has 0 heterocycles. The number of halogens is 1. The molecule has 1 saturated carbocycles. The van der Waals surface area contributed by atoms with Gasteiger partial charge in [0.25, 0.3) is 0 Å². The first-order valence-corrected chi connectivity index (χ1v) is 5.18. The number of hydrogen-bond acceptors (Lipinski definition) is 2. The Kier molecular flexibility index (Phi) is 2.43. The molecule has 1 aliphatic rings. The molecule has 1 aliphatic carbocycles. The molecule has 0 aliphatic heterocycles. The molecule has 2 atom stereocenters. The van der Waals surface area contributed by atoms with Crippen LogP contribution in [0.3, 0.4) is 0 Å². The molecule has 15 heavy (non-hydrogen) atoms. The minimum absolute atomic E-state index is 0.219. The molecular formula is C12H15FO2. The van der Waals surface area contributed by atoms with E-state index in [0.717, 1.165) is 12.8 Å². The topological polar surface area (TPSA) is 29.5 Å². The monoisotopic (exact) mass is 210 g/mol. The van der Waals surface area contributed by atoms with Gasteiger partial charge in [-0.25, -0.2) is 4.39 Å². The SMILES string of the molecule is CCC1CC1(O)c1ccc(OC)c(F)c1. The van der Waals surface area contributed by atoms with E-state index in [1.165, 1.54) is 13.2 Å². The molecule has 1 fully saturated rings. The third kappa shape index (κ3) is 1.61. The zero-order valence-electron chi connectivity index (χ0n) is 8.96. The summed E-state index contributed by atoms with van der Waals surface area (Å²) < 4.78 is 18.2. The van der Waals surface area contributed by atoms with Gasteiger partial charge in [0.05, 0.1) is 12.7 Å². The molecule has 0 amide bonds. The number of methoxy groups -OCH3 is 1. The quantitative estimate of drug-likeness (QED) is 0.830. The Morgan fingerprint density at radius 1 is 1.60 bits per heavy atom. The van der Waals surface area contributed by atoms with Crippen molar-refractivity contribution in [2.75, 3.05) is 7.11 Å². The summed E-state index contributed by atoms with van der Waals surface area (Å²) in [5.41, 5.74) is -0.144. The Labute approximate surface area is 88.7 Å². The summed E-state index contributed by atoms with van der Waals surface area (Å²) in [5, 5.41) is 10.1. The molecule has 2 nitrogen and oxygen atoms in total. The zero-order valence-corrected chi connectivity index (χ0v) is 8.96. The summed E-state index contributed by atoms with van der Waals surface area (Å²) >= 11 is 0. The lowest BCUT2D eigenvalue weighted by molar-refractivity contribution is 0.130. The van der Waals surface area contributed by atoms with Gasteiger partial charge in [-0.1, -0.05) is 19.4 Å². The fraction of sp³-hybridized carbons (Fsp3) is 0.500. The fourth-order valence-electron chi connectivity index (χ4n) is 2.09. The minimum Gasteiger partial charge on any atom is -0.494 e. The van der Waals surface area contributed by atoms with Crippen LogP contribution in [0.15, 0.2) is 18.2 Å². The summed E-state index contributed by atoms with van der Waals surface area (Å²) in [5.74, 6) is 0.0755. The van der Waals surface area contributed by atoms with E-state index in [-0.39, 0.29) is 11.7 Å². The first-order valence-electron chi connectivity index (χ1n) is 5.18. The Bertz CT molecular complexity index is 378. The molecule has 1 aromatic rings. The van der Waals surface area contributed by atoms with Crippen molar-refractivity contribution in [2.24, 2.45) is 5.92 Å². The standard InChI is InChI=1S/C12H15FO2/c1-3-8-7-12(8,14)9-4-5-11(15-2)10(13)6-9/h4-6,8,14H,3,7H2,1-2H3. The molecule has 0 aromatic heterocycles. The maximum absolute atomic E-state index is 13.4. The third-order valence-electron chi connectivity index (χ3n) is 3.22. The van der Waals surface area contributed by atoms with Crippen molar-refractivity contribution in [3.63, 3.8) is 0 Å². The molecular weight excluding hydrogens is 195 g/mol. The number of hydrogen-bond donors (Lipinski definition) is 1. The van der Waals surface area contributed by atoms with Crippen molar-refractivity contribution in [3.8, 4) is 5.75 Å². The molecule has 0 spiro atoms. The summed E-state index contributed by atoms with van der Waals surface area (Å²) in [7, 11) is 1.43. The van der Waals surface area contributed by atoms with E-state index in [2.05, 4.69) is 0 Å². The molecule has 3 heteroatoms. The summed E-state index contributed by atoms with van der Waals surface area (Å²) in [6, 6.07) is 4.67. The van der Waals surface area contributed by atoms with Crippen LogP contribution in [0.2, 0.25) is 0 Å². The van der Waals surface area contributed by atoms with Crippen molar-refractivity contribution < 1.29 is 14.2 Å². The van der Waals surface area contributed by atoms with Gasteiger partial charge in [-0.05, 0) is 30.0 Å². The van der Waals surface area contributed by atoms with Crippen molar-refractivity contribution in [1.29, 1.82) is 0 Å². The van der Waals surface area contributed by atoms with E-state index in [4.69, 9.17) is 4.74 Å². The number of ether oxygens (including phenoxy) is 1. The van der Waals surface area contributed by atoms with E-state index in [1.807, 2.05) is 6.92 Å². The van der Waals surface area contributed by atoms with Gasteiger partial charge in [-0.2, -0.15) is 0 Å². The molecule has 82 valence electrons. The van der Waals surface area contributed by atoms with Gasteiger partial charge in [0.2, 0.25) is 0 Å². The van der Waals surface area contributed by atoms with E-state index >= 15 is 0 Å². The fourth-order valence-corrected chi connectivity index (χ4v) is 2.09. The van der Waals surface area contributed by atoms with Gasteiger partial charge < -0.3 is 9.84 Å². The number of aliphatic hydroxyl groups is 1. The Balaban J connectivity index is 2.28. The average molecular weight is 210 g/mol. The van der Waals surface area contributed by atoms with Crippen LogP contribution in [-0.2, 0) is 5.60 Å². The van der Waals surface area contributed by atoms with Crippen LogP contribution in [0.5, 0.6) is 5.75 Å². The van der Waals surface area contributed by atoms with Crippen molar-refractivity contribution in [2.45, 2.75) is 25.4 Å². The predicted octanol–water partition coefficient (Wildman–Crippen LogP) is 2.45. The summed E-state index contributed by atoms with van der Waals surface area (Å²) in [6.07, 6.45) is 1.65. The van der Waals surface area contributed by atoms with Gasteiger partial charge in [0, 0.05) is 0 Å². The first-order chi connectivity index (χ1) is 7.11. The molecule has 1 N–H and O–H groups in total. The van der Waals surface area contributed by atoms with Crippen LogP contribution < -0.4 is 4.74 Å². The van der Waals surface area contributed by atoms with Crippen LogP contribution >= 0.6 is 0 Å². The third-order valence-corrected chi connectivity index (χ3v) is 3.22. The molecule has 0 bridgehead atoms. The summed E-state index contributed by atoms with van der Waals surface area (Å²) in [6.45, 7) is 2.03. The van der Waals surface area contributed by atoms with E-state index in [0.29, 0.717) is 5.56 Å². The van der Waals surface area contributed by atoms with Gasteiger partial charge >= 0.3 is 0 Å². The second kappa shape index (κ2) is 3.49. The molecule has 2 unspecified atom stereocenters. The maximum Gasteiger partial charge on any atom is 0.165 e. The van der Waals surface area contributed by atoms with E-state index in [9.17, 15) is 9.50 Å². The normalized spacial score (nSPS) is 28.9. The summed E-state index contributed by atoms with van der Waals surface area (Å²) in [4.78, 5) is 0. The molecule has 1 aromatic carbocycles. The van der Waals surface area contributed by atoms with Crippen LogP contribution in [0, 0.1) is 11.7 Å². The predicted molar refractivity (Wildman–Crippen MR) is 55.2 cm³/mol. The highest BCUT2D eigenvalue weighted by molar-refractivity contribution is 5.36. The van der Waals surface area contributed by atoms with Gasteiger partial charge in [-0.3, -0.25) is 0 Å².